The largest absolute Gasteiger partial charge is 0 e. The van der Waals surface area contributed by atoms with E-state index in [2.05, 4.69) is 0 Å². The Morgan fingerprint density at radius 3 is 1.00 bits per heavy atom. The van der Waals surface area contributed by atoms with Crippen molar-refractivity contribution in [2.24, 2.45) is 0 Å². The zero-order valence-electron chi connectivity index (χ0n) is 1.99. The molecular formula is CdCuInSe. The molecule has 0 aliphatic carbocycles. The van der Waals surface area contributed by atoms with Crippen LogP contribution in [0.25, 0.3) is 0 Å². The van der Waals surface area contributed by atoms with Gasteiger partial charge < -0.3 is 0 Å². The summed E-state index contributed by atoms with van der Waals surface area (Å²) in [5.41, 5.74) is 0. The molecule has 0 atom stereocenters. The van der Waals surface area contributed by atoms with E-state index in [-0.39, 0.29) is 87.3 Å². The van der Waals surface area contributed by atoms with E-state index in [0.29, 0.717) is 0 Å². The van der Waals surface area contributed by atoms with Gasteiger partial charge in [0.25, 0.3) is 0 Å². The predicted molar refractivity (Wildman–Crippen MR) is 11.5 cm³/mol. The summed E-state index contributed by atoms with van der Waals surface area (Å²) in [6.07, 6.45) is 0. The van der Waals surface area contributed by atoms with Crippen molar-refractivity contribution in [3.05, 3.63) is 0 Å². The molecule has 0 bridgehead atoms. The summed E-state index contributed by atoms with van der Waals surface area (Å²) in [5, 5.41) is 0. The van der Waals surface area contributed by atoms with E-state index in [1.54, 1.807) is 0 Å². The molecule has 6 radical (unpaired) electrons. The van der Waals surface area contributed by atoms with E-state index < -0.39 is 0 Å². The van der Waals surface area contributed by atoms with Gasteiger partial charge in [-0.15, -0.1) is 0 Å². The zero-order valence-corrected chi connectivity index (χ0v) is 12.0. The van der Waals surface area contributed by atoms with Gasteiger partial charge in [0, 0.05) is 87.3 Å². The molecule has 4 heavy (non-hydrogen) atoms. The van der Waals surface area contributed by atoms with Crippen LogP contribution >= 0.6 is 0 Å². The van der Waals surface area contributed by atoms with Crippen LogP contribution in [-0.2, 0) is 44.4 Å². The maximum atomic E-state index is 0. The Morgan fingerprint density at radius 1 is 1.00 bits per heavy atom. The van der Waals surface area contributed by atoms with Crippen molar-refractivity contribution >= 4 is 42.9 Å². The van der Waals surface area contributed by atoms with Gasteiger partial charge in [0.05, 0.1) is 0 Å². The van der Waals surface area contributed by atoms with Gasteiger partial charge in [-0.05, 0) is 0 Å². The van der Waals surface area contributed by atoms with Crippen molar-refractivity contribution in [2.45, 2.75) is 0 Å². The Morgan fingerprint density at radius 2 is 1.00 bits per heavy atom. The molecule has 0 fully saturated rings. The molecule has 22 valence electrons. The molecule has 0 aliphatic heterocycles. The van der Waals surface area contributed by atoms with Crippen LogP contribution < -0.4 is 0 Å². The van der Waals surface area contributed by atoms with E-state index >= 15 is 0 Å². The van der Waals surface area contributed by atoms with Gasteiger partial charge in [0.15, 0.2) is 0 Å². The van der Waals surface area contributed by atoms with Crippen LogP contribution in [0.3, 0.4) is 0 Å². The third-order valence-electron chi connectivity index (χ3n) is 0. The van der Waals surface area contributed by atoms with Gasteiger partial charge in [0.2, 0.25) is 0 Å². The van der Waals surface area contributed by atoms with Gasteiger partial charge >= 0.3 is 0 Å². The van der Waals surface area contributed by atoms with Gasteiger partial charge in [-0.1, -0.05) is 0 Å². The summed E-state index contributed by atoms with van der Waals surface area (Å²) in [7, 11) is 0. The van der Waals surface area contributed by atoms with Crippen LogP contribution in [0.4, 0.5) is 0 Å². The summed E-state index contributed by atoms with van der Waals surface area (Å²) < 4.78 is 0. The molecule has 0 rings (SSSR count). The van der Waals surface area contributed by atoms with E-state index in [1.807, 2.05) is 0 Å². The van der Waals surface area contributed by atoms with Crippen LogP contribution in [0.1, 0.15) is 0 Å². The molecule has 0 unspecified atom stereocenters. The van der Waals surface area contributed by atoms with Crippen LogP contribution in [0, 0.1) is 0 Å². The van der Waals surface area contributed by atoms with E-state index in [1.165, 1.54) is 0 Å². The Labute approximate surface area is 85.8 Å². The average molecular weight is 370 g/mol. The van der Waals surface area contributed by atoms with Crippen molar-refractivity contribution in [2.75, 3.05) is 0 Å². The molecule has 0 saturated carbocycles. The molecule has 0 amide bonds. The number of hydrogen-bond donors (Lipinski definition) is 0. The van der Waals surface area contributed by atoms with Gasteiger partial charge in [0.1, 0.15) is 0 Å². The topological polar surface area (TPSA) is 0 Å². The minimum atomic E-state index is 0. The summed E-state index contributed by atoms with van der Waals surface area (Å²) in [6, 6.07) is 0. The van der Waals surface area contributed by atoms with Gasteiger partial charge in [-0.3, -0.25) is 0 Å². The summed E-state index contributed by atoms with van der Waals surface area (Å²) in [5.74, 6) is 0. The fourth-order valence-corrected chi connectivity index (χ4v) is 0. The van der Waals surface area contributed by atoms with E-state index in [0.717, 1.165) is 0 Å². The van der Waals surface area contributed by atoms with Crippen LogP contribution in [0.5, 0.6) is 0 Å². The van der Waals surface area contributed by atoms with Crippen molar-refractivity contribution < 1.29 is 44.4 Å². The molecule has 0 aromatic heterocycles. The predicted octanol–water partition coefficient (Wildman–Crippen LogP) is -0.767. The van der Waals surface area contributed by atoms with Crippen LogP contribution in [0.15, 0.2) is 0 Å². The maximum absolute atomic E-state index is 0. The van der Waals surface area contributed by atoms with Crippen molar-refractivity contribution in [1.29, 1.82) is 0 Å². The third kappa shape index (κ3) is 8.85. The minimum Gasteiger partial charge on any atom is 0 e. The first-order valence-electron chi connectivity index (χ1n) is 0. The van der Waals surface area contributed by atoms with Crippen molar-refractivity contribution in [3.63, 3.8) is 0 Å². The number of rotatable bonds is 0. The Balaban J connectivity index is 0. The minimum absolute atomic E-state index is 0. The maximum Gasteiger partial charge on any atom is 0 e. The van der Waals surface area contributed by atoms with Gasteiger partial charge in [-0.25, -0.2) is 0 Å². The molecule has 0 nitrogen and oxygen atoms in total. The first-order valence-corrected chi connectivity index (χ1v) is 0. The fraction of sp³-hybridized carbons (Fsp3) is 0. The summed E-state index contributed by atoms with van der Waals surface area (Å²) in [4.78, 5) is 0. The summed E-state index contributed by atoms with van der Waals surface area (Å²) >= 11 is 0. The first kappa shape index (κ1) is 29.0. The average Bonchev–Trinajstić information content (AvgIpc) is 0. The first-order chi connectivity index (χ1) is 0. The molecule has 0 aromatic carbocycles. The molecule has 0 saturated heterocycles. The third-order valence-corrected chi connectivity index (χ3v) is 0. The standard InChI is InChI=1S/Cd.Cu.In.Se. The second-order valence-corrected chi connectivity index (χ2v) is 0. The number of hydrogen-bond acceptors (Lipinski definition) is 0. The molecule has 0 spiro atoms. The molecule has 0 N–H and O–H groups in total. The normalized spacial score (nSPS) is 0. The Bertz CT molecular complexity index is 8.00. The zero-order chi connectivity index (χ0) is 0. The summed E-state index contributed by atoms with van der Waals surface area (Å²) in [6.45, 7) is 0. The molecule has 0 aliphatic rings. The Kier molecular flexibility index (Phi) is 123. The van der Waals surface area contributed by atoms with Crippen molar-refractivity contribution in [1.82, 2.24) is 0 Å². The van der Waals surface area contributed by atoms with E-state index in [4.69, 9.17) is 0 Å². The van der Waals surface area contributed by atoms with Crippen LogP contribution in [-0.4, -0.2) is 42.9 Å². The van der Waals surface area contributed by atoms with Crippen molar-refractivity contribution in [3.8, 4) is 0 Å². The quantitative estimate of drug-likeness (QED) is 0.492. The second kappa shape index (κ2) is 17.0. The SMILES string of the molecule is [Cd].[Cu].[In].[Se]. The van der Waals surface area contributed by atoms with E-state index in [9.17, 15) is 0 Å². The smallest absolute Gasteiger partial charge is 0 e. The Hall–Kier alpha value is 2.83. The fourth-order valence-electron chi connectivity index (χ4n) is 0. The molecule has 0 heterocycles. The second-order valence-electron chi connectivity index (χ2n) is 0. The van der Waals surface area contributed by atoms with Crippen LogP contribution in [0.2, 0.25) is 0 Å². The van der Waals surface area contributed by atoms with Gasteiger partial charge in [-0.2, -0.15) is 0 Å². The monoisotopic (exact) mass is 372 g/mol. The molecular weight excluding hydrogens is 370 g/mol. The molecule has 0 aromatic rings. The molecule has 4 heteroatoms.